The van der Waals surface area contributed by atoms with Crippen LogP contribution in [-0.4, -0.2) is 51.1 Å². The zero-order valence-electron chi connectivity index (χ0n) is 23.1. The van der Waals surface area contributed by atoms with Gasteiger partial charge in [0.05, 0.1) is 38.4 Å². The maximum atomic E-state index is 14.0. The molecule has 9 nitrogen and oxygen atoms in total. The molecule has 0 saturated heterocycles. The van der Waals surface area contributed by atoms with E-state index >= 15 is 0 Å². The van der Waals surface area contributed by atoms with Gasteiger partial charge in [0.15, 0.2) is 0 Å². The van der Waals surface area contributed by atoms with Crippen molar-refractivity contribution in [3.05, 3.63) is 70.4 Å². The van der Waals surface area contributed by atoms with Crippen LogP contribution in [0.1, 0.15) is 48.5 Å². The number of hydrogen-bond acceptors (Lipinski definition) is 7. The van der Waals surface area contributed by atoms with Crippen LogP contribution in [0.3, 0.4) is 0 Å². The molecule has 0 fully saturated rings. The number of thiophene rings is 1. The van der Waals surface area contributed by atoms with Gasteiger partial charge in [-0.05, 0) is 61.5 Å². The van der Waals surface area contributed by atoms with Crippen LogP contribution in [0.4, 0.5) is 5.69 Å². The molecule has 2 N–H and O–H groups in total. The minimum atomic E-state index is -1.13. The third-order valence-electron chi connectivity index (χ3n) is 6.32. The minimum Gasteiger partial charge on any atom is -0.497 e. The Morgan fingerprint density at radius 2 is 1.67 bits per heavy atom. The first kappa shape index (κ1) is 29.5. The van der Waals surface area contributed by atoms with Crippen LogP contribution in [0.25, 0.3) is 0 Å². The highest BCUT2D eigenvalue weighted by Gasteiger charge is 2.37. The molecule has 1 heterocycles. The number of nitrogens with zero attached hydrogens (tertiary/aromatic N) is 1. The van der Waals surface area contributed by atoms with Crippen molar-refractivity contribution in [2.24, 2.45) is 0 Å². The third kappa shape index (κ3) is 7.29. The highest BCUT2D eigenvalue weighted by atomic mass is 32.1. The molecule has 0 aliphatic heterocycles. The van der Waals surface area contributed by atoms with Gasteiger partial charge in [0, 0.05) is 11.6 Å². The Hall–Kier alpha value is -4.05. The zero-order valence-corrected chi connectivity index (χ0v) is 23.9. The van der Waals surface area contributed by atoms with Gasteiger partial charge in [0.1, 0.15) is 23.3 Å². The monoisotopic (exact) mass is 553 g/mol. The Labute approximate surface area is 233 Å². The molecule has 0 saturated carbocycles. The average molecular weight is 554 g/mol. The summed E-state index contributed by atoms with van der Waals surface area (Å²) in [6, 6.07) is 14.3. The lowest BCUT2D eigenvalue weighted by molar-refractivity contribution is -0.127. The van der Waals surface area contributed by atoms with E-state index in [4.69, 9.17) is 14.2 Å². The summed E-state index contributed by atoms with van der Waals surface area (Å²) in [6.07, 6.45) is 0.664. The molecule has 0 unspecified atom stereocenters. The molecule has 39 heavy (non-hydrogen) atoms. The van der Waals surface area contributed by atoms with E-state index in [1.807, 2.05) is 20.8 Å². The van der Waals surface area contributed by atoms with Crippen LogP contribution < -0.4 is 29.7 Å². The van der Waals surface area contributed by atoms with Crippen molar-refractivity contribution in [2.75, 3.05) is 32.8 Å². The third-order valence-corrected chi connectivity index (χ3v) is 7.19. The van der Waals surface area contributed by atoms with E-state index in [1.165, 1.54) is 37.6 Å². The molecular weight excluding hydrogens is 518 g/mol. The summed E-state index contributed by atoms with van der Waals surface area (Å²) < 4.78 is 16.4. The highest BCUT2D eigenvalue weighted by molar-refractivity contribution is 7.12. The van der Waals surface area contributed by atoms with Gasteiger partial charge in [-0.3, -0.25) is 19.3 Å². The number of carbonyl (C=O) groups excluding carboxylic acids is 3. The molecule has 3 amide bonds. The van der Waals surface area contributed by atoms with Gasteiger partial charge >= 0.3 is 0 Å². The van der Waals surface area contributed by atoms with Crippen LogP contribution in [-0.2, 0) is 9.59 Å². The minimum absolute atomic E-state index is 0.310. The van der Waals surface area contributed by atoms with Crippen LogP contribution in [0.2, 0.25) is 0 Å². The Balaban J connectivity index is 2.16. The number of benzene rings is 2. The van der Waals surface area contributed by atoms with Crippen molar-refractivity contribution in [2.45, 2.75) is 38.8 Å². The maximum Gasteiger partial charge on any atom is 0.261 e. The van der Waals surface area contributed by atoms with E-state index in [2.05, 4.69) is 10.6 Å². The molecule has 1 aromatic heterocycles. The van der Waals surface area contributed by atoms with Crippen molar-refractivity contribution in [3.63, 3.8) is 0 Å². The number of carbonyl (C=O) groups is 3. The molecule has 10 heteroatoms. The number of methoxy groups -OCH3 is 3. The van der Waals surface area contributed by atoms with Crippen molar-refractivity contribution in [1.82, 2.24) is 10.6 Å². The molecular formula is C29H35N3O6S. The second-order valence-corrected chi connectivity index (χ2v) is 10.3. The van der Waals surface area contributed by atoms with E-state index in [9.17, 15) is 14.4 Å². The number of nitrogens with one attached hydrogen (secondary N) is 2. The fourth-order valence-electron chi connectivity index (χ4n) is 3.86. The summed E-state index contributed by atoms with van der Waals surface area (Å²) >= 11 is 1.27. The van der Waals surface area contributed by atoms with Gasteiger partial charge in [-0.1, -0.05) is 25.1 Å². The van der Waals surface area contributed by atoms with Gasteiger partial charge < -0.3 is 24.8 Å². The molecule has 3 aromatic rings. The normalized spacial score (nSPS) is 11.7. The van der Waals surface area contributed by atoms with Crippen LogP contribution >= 0.6 is 11.3 Å². The molecule has 3 rings (SSSR count). The van der Waals surface area contributed by atoms with Gasteiger partial charge in [-0.15, -0.1) is 11.3 Å². The van der Waals surface area contributed by atoms with Gasteiger partial charge in [-0.25, -0.2) is 0 Å². The van der Waals surface area contributed by atoms with Crippen molar-refractivity contribution >= 4 is 34.7 Å². The Bertz CT molecular complexity index is 1290. The van der Waals surface area contributed by atoms with Crippen LogP contribution in [0.5, 0.6) is 17.2 Å². The molecule has 0 bridgehead atoms. The lowest BCUT2D eigenvalue weighted by Gasteiger charge is -2.35. The summed E-state index contributed by atoms with van der Waals surface area (Å²) in [5.41, 5.74) is 0.278. The number of hydrogen-bond donors (Lipinski definition) is 2. The van der Waals surface area contributed by atoms with E-state index < -0.39 is 23.4 Å². The first-order valence-corrected chi connectivity index (χ1v) is 13.3. The molecule has 0 aliphatic rings. The van der Waals surface area contributed by atoms with E-state index in [0.29, 0.717) is 39.8 Å². The fourth-order valence-corrected chi connectivity index (χ4v) is 4.50. The zero-order chi connectivity index (χ0) is 28.6. The smallest absolute Gasteiger partial charge is 0.261 e. The Kier molecular flexibility index (Phi) is 9.95. The van der Waals surface area contributed by atoms with E-state index in [-0.39, 0.29) is 12.5 Å². The average Bonchev–Trinajstić information content (AvgIpc) is 3.49. The number of ether oxygens (including phenoxy) is 3. The Morgan fingerprint density at radius 1 is 0.949 bits per heavy atom. The number of amides is 3. The standard InChI is InChI=1S/C29H35N3O6S/c1-7-29(2,3)31-28(35)26(19-10-8-11-20(16-19)36-4)32(22-17-21(37-5)13-14-23(22)38-6)25(33)18-30-27(34)24-12-9-15-39-24/h8-17,26H,7,18H2,1-6H3,(H,30,34)(H,31,35)/t26-/m1/s1. The summed E-state index contributed by atoms with van der Waals surface area (Å²) in [6.45, 7) is 5.43. The second-order valence-electron chi connectivity index (χ2n) is 9.37. The SMILES string of the molecule is CCC(C)(C)NC(=O)[C@@H](c1cccc(OC)c1)N(C(=O)CNC(=O)c1cccs1)c1cc(OC)ccc1OC. The summed E-state index contributed by atoms with van der Waals surface area (Å²) in [5, 5.41) is 7.53. The lowest BCUT2D eigenvalue weighted by atomic mass is 9.98. The molecule has 0 aliphatic carbocycles. The van der Waals surface area contributed by atoms with Crippen LogP contribution in [0.15, 0.2) is 60.0 Å². The predicted octanol–water partition coefficient (Wildman–Crippen LogP) is 4.58. The fraction of sp³-hybridized carbons (Fsp3) is 0.345. The van der Waals surface area contributed by atoms with E-state index in [0.717, 1.165) is 0 Å². The largest absolute Gasteiger partial charge is 0.497 e. The molecule has 0 spiro atoms. The predicted molar refractivity (Wildman–Crippen MR) is 152 cm³/mol. The topological polar surface area (TPSA) is 106 Å². The molecule has 2 aromatic carbocycles. The van der Waals surface area contributed by atoms with Crippen molar-refractivity contribution < 1.29 is 28.6 Å². The summed E-state index contributed by atoms with van der Waals surface area (Å²) in [4.78, 5) is 42.5. The summed E-state index contributed by atoms with van der Waals surface area (Å²) in [5.74, 6) is 0.0252. The first-order chi connectivity index (χ1) is 18.6. The Morgan fingerprint density at radius 3 is 2.28 bits per heavy atom. The summed E-state index contributed by atoms with van der Waals surface area (Å²) in [7, 11) is 4.52. The lowest BCUT2D eigenvalue weighted by Crippen LogP contribution is -2.52. The highest BCUT2D eigenvalue weighted by Crippen LogP contribution is 2.38. The number of anilines is 1. The van der Waals surface area contributed by atoms with Gasteiger partial charge in [0.25, 0.3) is 5.91 Å². The van der Waals surface area contributed by atoms with Gasteiger partial charge in [0.2, 0.25) is 11.8 Å². The van der Waals surface area contributed by atoms with Gasteiger partial charge in [-0.2, -0.15) is 0 Å². The van der Waals surface area contributed by atoms with E-state index in [1.54, 1.807) is 60.0 Å². The van der Waals surface area contributed by atoms with Crippen molar-refractivity contribution in [3.8, 4) is 17.2 Å². The molecule has 0 radical (unpaired) electrons. The molecule has 1 atom stereocenters. The first-order valence-electron chi connectivity index (χ1n) is 12.5. The maximum absolute atomic E-state index is 14.0. The quantitative estimate of drug-likeness (QED) is 0.340. The molecule has 208 valence electrons. The second kappa shape index (κ2) is 13.1. The van der Waals surface area contributed by atoms with Crippen LogP contribution in [0, 0.1) is 0 Å². The van der Waals surface area contributed by atoms with Crippen molar-refractivity contribution in [1.29, 1.82) is 0 Å². The number of rotatable bonds is 12.